The second-order valence-corrected chi connectivity index (χ2v) is 17.2. The van der Waals surface area contributed by atoms with E-state index in [1.54, 1.807) is 6.08 Å². The summed E-state index contributed by atoms with van der Waals surface area (Å²) in [6, 6.07) is 0. The van der Waals surface area contributed by atoms with Gasteiger partial charge in [0.05, 0.1) is 33.9 Å². The number of aliphatic hydroxyl groups is 1. The first kappa shape index (κ1) is 53.0. The van der Waals surface area contributed by atoms with Crippen LogP contribution in [0.1, 0.15) is 133 Å². The monoisotopic (exact) mass is 835 g/mol. The molecule has 0 saturated carbocycles. The van der Waals surface area contributed by atoms with Gasteiger partial charge in [-0.25, -0.2) is 4.57 Å². The molecule has 0 fully saturated rings. The molecule has 0 bridgehead atoms. The smallest absolute Gasteiger partial charge is 0.466 e. The molecule has 0 amide bonds. The summed E-state index contributed by atoms with van der Waals surface area (Å²) < 4.78 is 40.3. The minimum Gasteiger partial charge on any atom is -0.466 e. The van der Waals surface area contributed by atoms with E-state index in [1.807, 2.05) is 58.4 Å². The van der Waals surface area contributed by atoms with Gasteiger partial charge in [-0.2, -0.15) is 0 Å². The highest BCUT2D eigenvalue weighted by atomic mass is 31.2. The van der Waals surface area contributed by atoms with E-state index in [4.69, 9.17) is 22.9 Å². The summed E-state index contributed by atoms with van der Waals surface area (Å²) in [6.45, 7) is 8.15. The molecular formula is C46H77NO10P+. The van der Waals surface area contributed by atoms with Gasteiger partial charge in [-0.15, -0.1) is 0 Å². The number of aryl methyl sites for hydroxylation is 2. The van der Waals surface area contributed by atoms with Crippen molar-refractivity contribution in [2.75, 3.05) is 47.5 Å². The lowest BCUT2D eigenvalue weighted by Gasteiger charge is -2.24. The van der Waals surface area contributed by atoms with E-state index < -0.39 is 32.5 Å². The van der Waals surface area contributed by atoms with Crippen LogP contribution in [0.5, 0.6) is 0 Å². The third-order valence-electron chi connectivity index (χ3n) is 9.39. The van der Waals surface area contributed by atoms with Gasteiger partial charge in [0.1, 0.15) is 31.3 Å². The average Bonchev–Trinajstić information content (AvgIpc) is 3.43. The number of hydrogen-bond donors (Lipinski definition) is 2. The highest BCUT2D eigenvalue weighted by molar-refractivity contribution is 7.47. The van der Waals surface area contributed by atoms with Crippen molar-refractivity contribution in [2.45, 2.75) is 149 Å². The number of unbranched alkanes of at least 4 members (excludes halogenated alkanes) is 6. The molecule has 1 rings (SSSR count). The number of esters is 2. The molecule has 3 atom stereocenters. The van der Waals surface area contributed by atoms with E-state index in [2.05, 4.69) is 45.1 Å². The number of quaternary nitrogens is 1. The van der Waals surface area contributed by atoms with Gasteiger partial charge in [-0.3, -0.25) is 18.6 Å². The SMILES string of the molecule is CCCc1oc(CCCCCCCCC(=O)OC[C@H](COP(=O)(O)OCC[N+](C)(C)C)OC(=O)CCC/C=C\C/C=C\C/C=C\C/C=C\C=C\[C@H](O)CC)c(C)c1C. The Kier molecular flexibility index (Phi) is 29.1. The van der Waals surface area contributed by atoms with Crippen molar-refractivity contribution in [3.8, 4) is 0 Å². The minimum absolute atomic E-state index is 0.00314. The zero-order chi connectivity index (χ0) is 43.1. The number of nitrogens with zero attached hydrogens (tertiary/aromatic N) is 1. The van der Waals surface area contributed by atoms with Gasteiger partial charge in [-0.05, 0) is 82.8 Å². The van der Waals surface area contributed by atoms with E-state index in [0.717, 1.165) is 82.1 Å². The first-order valence-electron chi connectivity index (χ1n) is 21.5. The largest absolute Gasteiger partial charge is 0.472 e. The average molecular weight is 835 g/mol. The van der Waals surface area contributed by atoms with E-state index in [0.29, 0.717) is 36.7 Å². The number of likely N-dealkylation sites (N-methyl/N-ethyl adjacent to an activating group) is 1. The lowest BCUT2D eigenvalue weighted by Crippen LogP contribution is -2.37. The number of aliphatic hydroxyl groups excluding tert-OH is 1. The molecular weight excluding hydrogens is 757 g/mol. The predicted octanol–water partition coefficient (Wildman–Crippen LogP) is 10.3. The Morgan fingerprint density at radius 3 is 1.97 bits per heavy atom. The number of allylic oxidation sites excluding steroid dienone is 9. The standard InChI is InChI=1S/C46H76NO10P/c1-8-30-43-39(3)40(4)44(57-43)32-27-23-20-21-24-28-33-45(49)53-37-42(38-55-58(51,52)54-36-35-47(5,6)7)56-46(50)34-29-25-19-17-15-13-11-10-12-14-16-18-22-26-31-41(48)9-2/h11-14,17-19,22,26,31,41-42,48H,8-10,15-16,20-21,23-25,27-30,32-38H2,1-7H3/p+1/b13-11-,14-12-,19-17-,22-18-,31-26+/t41-,42-/m1/s1. The number of carbonyl (C=O) groups excluding carboxylic acids is 2. The Labute approximate surface area is 350 Å². The third-order valence-corrected chi connectivity index (χ3v) is 10.4. The van der Waals surface area contributed by atoms with Crippen LogP contribution in [0.15, 0.2) is 65.2 Å². The summed E-state index contributed by atoms with van der Waals surface area (Å²) >= 11 is 0. The molecule has 2 N–H and O–H groups in total. The van der Waals surface area contributed by atoms with Crippen LogP contribution in [0, 0.1) is 13.8 Å². The van der Waals surface area contributed by atoms with Gasteiger partial charge in [0.25, 0.3) is 0 Å². The summed E-state index contributed by atoms with van der Waals surface area (Å²) in [4.78, 5) is 35.4. The number of carbonyl (C=O) groups is 2. The van der Waals surface area contributed by atoms with Crippen molar-refractivity contribution < 1.29 is 51.6 Å². The maximum Gasteiger partial charge on any atom is 0.472 e. The van der Waals surface area contributed by atoms with Crippen LogP contribution in [0.3, 0.4) is 0 Å². The van der Waals surface area contributed by atoms with Crippen molar-refractivity contribution >= 4 is 19.8 Å². The topological polar surface area (TPSA) is 142 Å². The van der Waals surface area contributed by atoms with Crippen LogP contribution in [-0.4, -0.2) is 86.1 Å². The Morgan fingerprint density at radius 1 is 0.741 bits per heavy atom. The fourth-order valence-electron chi connectivity index (χ4n) is 5.63. The first-order valence-corrected chi connectivity index (χ1v) is 23.0. The highest BCUT2D eigenvalue weighted by Gasteiger charge is 2.27. The van der Waals surface area contributed by atoms with Crippen LogP contribution < -0.4 is 0 Å². The number of ether oxygens (including phenoxy) is 2. The molecule has 11 nitrogen and oxygen atoms in total. The van der Waals surface area contributed by atoms with Gasteiger partial charge >= 0.3 is 19.8 Å². The molecule has 1 unspecified atom stereocenters. The second kappa shape index (κ2) is 31.8. The fraction of sp³-hybridized carbons (Fsp3) is 0.652. The molecule has 0 saturated heterocycles. The summed E-state index contributed by atoms with van der Waals surface area (Å²) in [6.07, 6.45) is 32.3. The maximum atomic E-state index is 12.7. The lowest BCUT2D eigenvalue weighted by atomic mass is 10.0. The minimum atomic E-state index is -4.42. The summed E-state index contributed by atoms with van der Waals surface area (Å²) in [7, 11) is 1.38. The number of rotatable bonds is 34. The molecule has 0 aliphatic heterocycles. The van der Waals surface area contributed by atoms with Gasteiger partial charge < -0.3 is 28.4 Å². The summed E-state index contributed by atoms with van der Waals surface area (Å²) in [5.74, 6) is 1.30. The number of phosphoric ester groups is 1. The van der Waals surface area contributed by atoms with E-state index in [9.17, 15) is 24.2 Å². The molecule has 1 heterocycles. The van der Waals surface area contributed by atoms with Gasteiger partial charge in [-0.1, -0.05) is 100 Å². The molecule has 12 heteroatoms. The quantitative estimate of drug-likeness (QED) is 0.0172. The van der Waals surface area contributed by atoms with E-state index in [-0.39, 0.29) is 32.2 Å². The normalized spacial score (nSPS) is 14.7. The van der Waals surface area contributed by atoms with Crippen molar-refractivity contribution in [3.05, 3.63) is 83.4 Å². The molecule has 1 aromatic rings. The zero-order valence-electron chi connectivity index (χ0n) is 36.8. The molecule has 58 heavy (non-hydrogen) atoms. The van der Waals surface area contributed by atoms with Crippen molar-refractivity contribution in [3.63, 3.8) is 0 Å². The van der Waals surface area contributed by atoms with Crippen LogP contribution in [0.2, 0.25) is 0 Å². The van der Waals surface area contributed by atoms with Gasteiger partial charge in [0.15, 0.2) is 6.10 Å². The molecule has 330 valence electrons. The Balaban J connectivity index is 2.43. The van der Waals surface area contributed by atoms with E-state index in [1.165, 1.54) is 11.1 Å². The lowest BCUT2D eigenvalue weighted by molar-refractivity contribution is -0.870. The van der Waals surface area contributed by atoms with Crippen LogP contribution >= 0.6 is 7.82 Å². The molecule has 0 aromatic carbocycles. The van der Waals surface area contributed by atoms with Crippen molar-refractivity contribution in [2.24, 2.45) is 0 Å². The van der Waals surface area contributed by atoms with Gasteiger partial charge in [0.2, 0.25) is 0 Å². The molecule has 0 aliphatic rings. The van der Waals surface area contributed by atoms with Crippen LogP contribution in [0.25, 0.3) is 0 Å². The molecule has 0 radical (unpaired) electrons. The Hall–Kier alpha value is -3.05. The van der Waals surface area contributed by atoms with Crippen molar-refractivity contribution in [1.82, 2.24) is 0 Å². The predicted molar refractivity (Wildman–Crippen MR) is 233 cm³/mol. The summed E-state index contributed by atoms with van der Waals surface area (Å²) in [5, 5.41) is 9.49. The Morgan fingerprint density at radius 2 is 1.33 bits per heavy atom. The maximum absolute atomic E-state index is 12.7. The van der Waals surface area contributed by atoms with Crippen LogP contribution in [-0.2, 0) is 45.5 Å². The second-order valence-electron chi connectivity index (χ2n) is 15.8. The first-order chi connectivity index (χ1) is 27.7. The number of phosphoric acid groups is 1. The fourth-order valence-corrected chi connectivity index (χ4v) is 6.38. The van der Waals surface area contributed by atoms with Crippen molar-refractivity contribution in [1.29, 1.82) is 0 Å². The van der Waals surface area contributed by atoms with Gasteiger partial charge in [0, 0.05) is 25.7 Å². The van der Waals surface area contributed by atoms with E-state index >= 15 is 0 Å². The zero-order valence-corrected chi connectivity index (χ0v) is 37.7. The third kappa shape index (κ3) is 28.4. The Bertz CT molecular complexity index is 1470. The molecule has 0 aliphatic carbocycles. The number of furan rings is 1. The highest BCUT2D eigenvalue weighted by Crippen LogP contribution is 2.43. The summed E-state index contributed by atoms with van der Waals surface area (Å²) in [5.41, 5.74) is 2.57. The van der Waals surface area contributed by atoms with Crippen LogP contribution in [0.4, 0.5) is 0 Å². The molecule has 1 aromatic heterocycles. The number of hydrogen-bond acceptors (Lipinski definition) is 9. The molecule has 0 spiro atoms.